The molecular formula is C6H12BrClO. The summed E-state index contributed by atoms with van der Waals surface area (Å²) in [5.74, 6) is 0.573. The molecule has 0 unspecified atom stereocenters. The molecule has 0 heterocycles. The first-order valence-corrected chi connectivity index (χ1v) is 4.21. The third kappa shape index (κ3) is 8.73. The summed E-state index contributed by atoms with van der Waals surface area (Å²) in [6, 6.07) is 0. The number of halogens is 2. The van der Waals surface area contributed by atoms with Crippen molar-refractivity contribution in [2.45, 2.75) is 18.2 Å². The minimum atomic E-state index is 0.0824. The lowest BCUT2D eigenvalue weighted by atomic mass is 10.2. The summed E-state index contributed by atoms with van der Waals surface area (Å²) in [4.78, 5) is 0. The van der Waals surface area contributed by atoms with E-state index in [-0.39, 0.29) is 4.32 Å². The van der Waals surface area contributed by atoms with E-state index in [0.717, 1.165) is 0 Å². The van der Waals surface area contributed by atoms with Gasteiger partial charge in [0.1, 0.15) is 0 Å². The lowest BCUT2D eigenvalue weighted by Gasteiger charge is -2.14. The Morgan fingerprint density at radius 2 is 2.11 bits per heavy atom. The van der Waals surface area contributed by atoms with Crippen LogP contribution in [0.3, 0.4) is 0 Å². The second-order valence-corrected chi connectivity index (χ2v) is 4.98. The number of hydrogen-bond acceptors (Lipinski definition) is 1. The molecule has 0 saturated heterocycles. The molecule has 0 spiro atoms. The minimum Gasteiger partial charge on any atom is -0.379 e. The van der Waals surface area contributed by atoms with E-state index < -0.39 is 0 Å². The van der Waals surface area contributed by atoms with Gasteiger partial charge in [-0.25, -0.2) is 0 Å². The van der Waals surface area contributed by atoms with Crippen LogP contribution in [0.25, 0.3) is 0 Å². The van der Waals surface area contributed by atoms with Crippen molar-refractivity contribution >= 4 is 27.5 Å². The van der Waals surface area contributed by atoms with Crippen molar-refractivity contribution in [1.29, 1.82) is 0 Å². The van der Waals surface area contributed by atoms with E-state index >= 15 is 0 Å². The van der Waals surface area contributed by atoms with Crippen LogP contribution in [-0.4, -0.2) is 23.4 Å². The van der Waals surface area contributed by atoms with Crippen molar-refractivity contribution in [2.75, 3.05) is 19.1 Å². The predicted molar refractivity (Wildman–Crippen MR) is 44.5 cm³/mol. The third-order valence-corrected chi connectivity index (χ3v) is 1.05. The molecule has 9 heavy (non-hydrogen) atoms. The van der Waals surface area contributed by atoms with Gasteiger partial charge in [0, 0.05) is 10.2 Å². The summed E-state index contributed by atoms with van der Waals surface area (Å²) < 4.78 is 5.25. The molecule has 0 aromatic rings. The standard InChI is InChI=1S/C6H12BrClO/c1-6(2,7)5-9-4-3-8/h3-5H2,1-2H3. The first-order chi connectivity index (χ1) is 4.06. The number of rotatable bonds is 4. The summed E-state index contributed by atoms with van der Waals surface area (Å²) in [7, 11) is 0. The highest BCUT2D eigenvalue weighted by Crippen LogP contribution is 2.15. The number of alkyl halides is 2. The molecule has 0 aromatic carbocycles. The zero-order valence-electron chi connectivity index (χ0n) is 5.79. The number of hydrogen-bond donors (Lipinski definition) is 0. The molecular weight excluding hydrogens is 203 g/mol. The van der Waals surface area contributed by atoms with Crippen molar-refractivity contribution in [1.82, 2.24) is 0 Å². The Bertz CT molecular complexity index is 69.9. The number of ether oxygens (including phenoxy) is 1. The van der Waals surface area contributed by atoms with Crippen LogP contribution >= 0.6 is 27.5 Å². The van der Waals surface area contributed by atoms with Crippen molar-refractivity contribution in [3.05, 3.63) is 0 Å². The zero-order chi connectivity index (χ0) is 7.33. The monoisotopic (exact) mass is 214 g/mol. The molecule has 0 aliphatic heterocycles. The van der Waals surface area contributed by atoms with E-state index in [4.69, 9.17) is 16.3 Å². The molecule has 56 valence electrons. The van der Waals surface area contributed by atoms with Crippen LogP contribution < -0.4 is 0 Å². The molecule has 0 rings (SSSR count). The average molecular weight is 216 g/mol. The van der Waals surface area contributed by atoms with Gasteiger partial charge in [0.2, 0.25) is 0 Å². The Morgan fingerprint density at radius 1 is 1.56 bits per heavy atom. The zero-order valence-corrected chi connectivity index (χ0v) is 8.13. The van der Waals surface area contributed by atoms with Crippen molar-refractivity contribution in [3.63, 3.8) is 0 Å². The van der Waals surface area contributed by atoms with Crippen LogP contribution in [0.15, 0.2) is 0 Å². The second kappa shape index (κ2) is 4.53. The molecule has 0 aliphatic carbocycles. The Labute approximate surface area is 69.8 Å². The van der Waals surface area contributed by atoms with Gasteiger partial charge in [0.25, 0.3) is 0 Å². The van der Waals surface area contributed by atoms with Gasteiger partial charge in [0.15, 0.2) is 0 Å². The van der Waals surface area contributed by atoms with Crippen LogP contribution in [0.1, 0.15) is 13.8 Å². The molecule has 0 radical (unpaired) electrons. The van der Waals surface area contributed by atoms with E-state index in [1.807, 2.05) is 0 Å². The highest BCUT2D eigenvalue weighted by Gasteiger charge is 2.11. The van der Waals surface area contributed by atoms with Gasteiger partial charge in [-0.1, -0.05) is 15.9 Å². The average Bonchev–Trinajstić information content (AvgIpc) is 1.63. The summed E-state index contributed by atoms with van der Waals surface area (Å²) in [6.07, 6.45) is 0. The Balaban J connectivity index is 3.07. The largest absolute Gasteiger partial charge is 0.379 e. The van der Waals surface area contributed by atoms with E-state index in [9.17, 15) is 0 Å². The molecule has 0 atom stereocenters. The van der Waals surface area contributed by atoms with Gasteiger partial charge < -0.3 is 4.74 Å². The normalized spacial score (nSPS) is 12.0. The second-order valence-electron chi connectivity index (χ2n) is 2.46. The van der Waals surface area contributed by atoms with Crippen molar-refractivity contribution in [3.8, 4) is 0 Å². The van der Waals surface area contributed by atoms with E-state index in [2.05, 4.69) is 29.8 Å². The molecule has 0 bridgehead atoms. The summed E-state index contributed by atoms with van der Waals surface area (Å²) in [6.45, 7) is 5.46. The maximum absolute atomic E-state index is 5.39. The van der Waals surface area contributed by atoms with Crippen LogP contribution in [0, 0.1) is 0 Å². The Hall–Kier alpha value is 0.730. The summed E-state index contributed by atoms with van der Waals surface area (Å²) in [5.41, 5.74) is 0. The van der Waals surface area contributed by atoms with E-state index in [1.54, 1.807) is 0 Å². The lowest BCUT2D eigenvalue weighted by molar-refractivity contribution is 0.135. The van der Waals surface area contributed by atoms with Gasteiger partial charge in [-0.3, -0.25) is 0 Å². The lowest BCUT2D eigenvalue weighted by Crippen LogP contribution is -2.18. The summed E-state index contributed by atoms with van der Waals surface area (Å²) >= 11 is 8.83. The molecule has 0 fully saturated rings. The fourth-order valence-electron chi connectivity index (χ4n) is 0.369. The fourth-order valence-corrected chi connectivity index (χ4v) is 0.640. The molecule has 0 amide bonds. The molecule has 3 heteroatoms. The van der Waals surface area contributed by atoms with Gasteiger partial charge in [0.05, 0.1) is 13.2 Å². The maximum atomic E-state index is 5.39. The Kier molecular flexibility index (Phi) is 4.90. The SMILES string of the molecule is CC(C)(Br)COCCCl. The van der Waals surface area contributed by atoms with Crippen LogP contribution in [0.5, 0.6) is 0 Å². The van der Waals surface area contributed by atoms with Crippen LogP contribution in [-0.2, 0) is 4.74 Å². The molecule has 0 N–H and O–H groups in total. The summed E-state index contributed by atoms with van der Waals surface area (Å²) in [5, 5.41) is 0. The minimum absolute atomic E-state index is 0.0824. The van der Waals surface area contributed by atoms with Gasteiger partial charge in [-0.05, 0) is 13.8 Å². The van der Waals surface area contributed by atoms with Gasteiger partial charge >= 0.3 is 0 Å². The fraction of sp³-hybridized carbons (Fsp3) is 1.00. The van der Waals surface area contributed by atoms with E-state index in [1.165, 1.54) is 0 Å². The van der Waals surface area contributed by atoms with Crippen LogP contribution in [0.2, 0.25) is 0 Å². The van der Waals surface area contributed by atoms with E-state index in [0.29, 0.717) is 19.1 Å². The Morgan fingerprint density at radius 3 is 2.44 bits per heavy atom. The van der Waals surface area contributed by atoms with Crippen LogP contribution in [0.4, 0.5) is 0 Å². The maximum Gasteiger partial charge on any atom is 0.0614 e. The quantitative estimate of drug-likeness (QED) is 0.517. The first kappa shape index (κ1) is 9.73. The molecule has 1 nitrogen and oxygen atoms in total. The van der Waals surface area contributed by atoms with Crippen molar-refractivity contribution < 1.29 is 4.74 Å². The first-order valence-electron chi connectivity index (χ1n) is 2.89. The third-order valence-electron chi connectivity index (χ3n) is 0.667. The smallest absolute Gasteiger partial charge is 0.0614 e. The molecule has 0 aliphatic rings. The highest BCUT2D eigenvalue weighted by atomic mass is 79.9. The van der Waals surface area contributed by atoms with Gasteiger partial charge in [-0.15, -0.1) is 11.6 Å². The highest BCUT2D eigenvalue weighted by molar-refractivity contribution is 9.10. The molecule has 0 aromatic heterocycles. The predicted octanol–water partition coefficient (Wildman–Crippen LogP) is 2.42. The molecule has 0 saturated carbocycles. The van der Waals surface area contributed by atoms with Crippen molar-refractivity contribution in [2.24, 2.45) is 0 Å². The van der Waals surface area contributed by atoms with Gasteiger partial charge in [-0.2, -0.15) is 0 Å². The topological polar surface area (TPSA) is 9.23 Å².